The first-order valence-electron chi connectivity index (χ1n) is 6.93. The van der Waals surface area contributed by atoms with Gasteiger partial charge in [0.2, 0.25) is 0 Å². The van der Waals surface area contributed by atoms with Crippen molar-refractivity contribution in [3.63, 3.8) is 0 Å². The zero-order chi connectivity index (χ0) is 14.5. The highest BCUT2D eigenvalue weighted by molar-refractivity contribution is 7.99. The number of carbonyl (C=O) groups excluding carboxylic acids is 1. The Labute approximate surface area is 124 Å². The number of benzene rings is 1. The Hall–Kier alpha value is -1.36. The minimum atomic E-state index is -0.0761. The van der Waals surface area contributed by atoms with E-state index in [0.29, 0.717) is 22.3 Å². The molecule has 2 unspecified atom stereocenters. The number of hydrogen-bond acceptors (Lipinski definition) is 4. The van der Waals surface area contributed by atoms with Gasteiger partial charge in [-0.3, -0.25) is 4.79 Å². The molecular formula is C15H22N2O2S. The summed E-state index contributed by atoms with van der Waals surface area (Å²) in [4.78, 5) is 12.4. The van der Waals surface area contributed by atoms with Crippen molar-refractivity contribution in [3.8, 4) is 5.75 Å². The Morgan fingerprint density at radius 3 is 2.85 bits per heavy atom. The molecule has 20 heavy (non-hydrogen) atoms. The number of carbonyl (C=O) groups is 1. The summed E-state index contributed by atoms with van der Waals surface area (Å²) in [5, 5.41) is 3.66. The van der Waals surface area contributed by atoms with Crippen LogP contribution < -0.4 is 15.8 Å². The number of ether oxygens (including phenoxy) is 1. The molecule has 2 atom stereocenters. The van der Waals surface area contributed by atoms with Gasteiger partial charge >= 0.3 is 0 Å². The van der Waals surface area contributed by atoms with E-state index in [4.69, 9.17) is 10.5 Å². The smallest absolute Gasteiger partial charge is 0.255 e. The van der Waals surface area contributed by atoms with Crippen molar-refractivity contribution in [2.45, 2.75) is 37.0 Å². The second-order valence-electron chi connectivity index (χ2n) is 5.10. The van der Waals surface area contributed by atoms with Gasteiger partial charge in [0.05, 0.1) is 12.7 Å². The number of hydrogen-bond donors (Lipinski definition) is 2. The highest BCUT2D eigenvalue weighted by Gasteiger charge is 2.26. The van der Waals surface area contributed by atoms with Crippen LogP contribution in [-0.2, 0) is 0 Å². The highest BCUT2D eigenvalue weighted by Crippen LogP contribution is 2.28. The van der Waals surface area contributed by atoms with Crippen molar-refractivity contribution < 1.29 is 9.53 Å². The summed E-state index contributed by atoms with van der Waals surface area (Å²) < 4.78 is 5.24. The quantitative estimate of drug-likeness (QED) is 0.838. The predicted molar refractivity (Wildman–Crippen MR) is 84.4 cm³/mol. The number of nitrogen functional groups attached to an aromatic ring is 1. The maximum Gasteiger partial charge on any atom is 0.255 e. The van der Waals surface area contributed by atoms with Crippen molar-refractivity contribution in [1.29, 1.82) is 0 Å². The molecule has 1 aliphatic carbocycles. The Morgan fingerprint density at radius 1 is 1.40 bits per heavy atom. The monoisotopic (exact) mass is 294 g/mol. The number of methoxy groups -OCH3 is 1. The van der Waals surface area contributed by atoms with Crippen LogP contribution in [0.1, 0.15) is 36.0 Å². The second-order valence-corrected chi connectivity index (χ2v) is 6.18. The summed E-state index contributed by atoms with van der Waals surface area (Å²) in [6.45, 7) is 0. The van der Waals surface area contributed by atoms with Crippen molar-refractivity contribution in [3.05, 3.63) is 23.8 Å². The third-order valence-corrected chi connectivity index (χ3v) is 4.96. The molecule has 1 aliphatic rings. The van der Waals surface area contributed by atoms with Gasteiger partial charge in [0.1, 0.15) is 5.75 Å². The molecule has 1 amide bonds. The van der Waals surface area contributed by atoms with Crippen LogP contribution in [0.15, 0.2) is 18.2 Å². The van der Waals surface area contributed by atoms with Gasteiger partial charge in [-0.05, 0) is 31.2 Å². The number of rotatable bonds is 4. The zero-order valence-corrected chi connectivity index (χ0v) is 12.8. The normalized spacial score (nSPS) is 22.3. The summed E-state index contributed by atoms with van der Waals surface area (Å²) >= 11 is 1.84. The van der Waals surface area contributed by atoms with E-state index in [2.05, 4.69) is 11.6 Å². The van der Waals surface area contributed by atoms with Gasteiger partial charge in [-0.1, -0.05) is 12.8 Å². The number of thioether (sulfide) groups is 1. The Bertz CT molecular complexity index is 479. The molecule has 0 heterocycles. The largest absolute Gasteiger partial charge is 0.496 e. The topological polar surface area (TPSA) is 64.3 Å². The molecule has 0 aliphatic heterocycles. The van der Waals surface area contributed by atoms with Crippen molar-refractivity contribution in [1.82, 2.24) is 5.32 Å². The third kappa shape index (κ3) is 3.39. The summed E-state index contributed by atoms with van der Waals surface area (Å²) in [6.07, 6.45) is 6.77. The number of nitrogens with one attached hydrogen (secondary N) is 1. The first-order chi connectivity index (χ1) is 9.65. The van der Waals surface area contributed by atoms with Crippen molar-refractivity contribution in [2.24, 2.45) is 0 Å². The van der Waals surface area contributed by atoms with Crippen LogP contribution in [0.5, 0.6) is 5.75 Å². The van der Waals surface area contributed by atoms with E-state index in [1.807, 2.05) is 11.8 Å². The molecule has 0 radical (unpaired) electrons. The lowest BCUT2D eigenvalue weighted by Gasteiger charge is -2.31. The number of anilines is 1. The summed E-state index contributed by atoms with van der Waals surface area (Å²) in [6, 6.07) is 5.38. The summed E-state index contributed by atoms with van der Waals surface area (Å²) in [5.74, 6) is 0.451. The first kappa shape index (κ1) is 15.0. The predicted octanol–water partition coefficient (Wildman–Crippen LogP) is 2.68. The van der Waals surface area contributed by atoms with Crippen LogP contribution in [0.4, 0.5) is 5.69 Å². The van der Waals surface area contributed by atoms with E-state index in [-0.39, 0.29) is 11.9 Å². The van der Waals surface area contributed by atoms with Crippen LogP contribution in [0.25, 0.3) is 0 Å². The summed E-state index contributed by atoms with van der Waals surface area (Å²) in [5.41, 5.74) is 6.86. The van der Waals surface area contributed by atoms with E-state index < -0.39 is 0 Å². The zero-order valence-electron chi connectivity index (χ0n) is 12.0. The molecule has 1 fully saturated rings. The van der Waals surface area contributed by atoms with E-state index in [1.54, 1.807) is 25.3 Å². The van der Waals surface area contributed by atoms with Crippen molar-refractivity contribution in [2.75, 3.05) is 19.1 Å². The summed E-state index contributed by atoms with van der Waals surface area (Å²) in [7, 11) is 1.55. The van der Waals surface area contributed by atoms with Crippen LogP contribution in [0, 0.1) is 0 Å². The van der Waals surface area contributed by atoms with Gasteiger partial charge < -0.3 is 15.8 Å². The molecule has 0 aromatic heterocycles. The average molecular weight is 294 g/mol. The molecule has 0 bridgehead atoms. The molecule has 5 heteroatoms. The number of nitrogens with two attached hydrogens (primary N) is 1. The fraction of sp³-hybridized carbons (Fsp3) is 0.533. The minimum absolute atomic E-state index is 0.0761. The van der Waals surface area contributed by atoms with E-state index in [1.165, 1.54) is 19.3 Å². The Kier molecular flexibility index (Phi) is 5.17. The SMILES string of the molecule is COc1cc(N)ccc1C(=O)NC1CCCCC1SC. The lowest BCUT2D eigenvalue weighted by molar-refractivity contribution is 0.0926. The average Bonchev–Trinajstić information content (AvgIpc) is 2.47. The maximum atomic E-state index is 12.4. The minimum Gasteiger partial charge on any atom is -0.496 e. The van der Waals surface area contributed by atoms with Gasteiger partial charge in [-0.25, -0.2) is 0 Å². The molecule has 110 valence electrons. The fourth-order valence-electron chi connectivity index (χ4n) is 2.69. The molecule has 3 N–H and O–H groups in total. The van der Waals surface area contributed by atoms with Gasteiger partial charge in [0.15, 0.2) is 0 Å². The fourth-order valence-corrected chi connectivity index (χ4v) is 3.62. The molecule has 1 aromatic carbocycles. The molecule has 0 spiro atoms. The van der Waals surface area contributed by atoms with Gasteiger partial charge in [-0.15, -0.1) is 0 Å². The molecule has 2 rings (SSSR count). The highest BCUT2D eigenvalue weighted by atomic mass is 32.2. The van der Waals surface area contributed by atoms with Crippen LogP contribution in [0.2, 0.25) is 0 Å². The van der Waals surface area contributed by atoms with E-state index >= 15 is 0 Å². The third-order valence-electron chi connectivity index (χ3n) is 3.79. The molecule has 1 saturated carbocycles. The molecule has 0 saturated heterocycles. The molecule has 1 aromatic rings. The van der Waals surface area contributed by atoms with E-state index in [9.17, 15) is 4.79 Å². The maximum absolute atomic E-state index is 12.4. The Morgan fingerprint density at radius 2 is 2.15 bits per heavy atom. The van der Waals surface area contributed by atoms with Gasteiger partial charge in [-0.2, -0.15) is 11.8 Å². The molecular weight excluding hydrogens is 272 g/mol. The number of amides is 1. The van der Waals surface area contributed by atoms with Crippen LogP contribution in [0.3, 0.4) is 0 Å². The lowest BCUT2D eigenvalue weighted by atomic mass is 9.94. The Balaban J connectivity index is 2.11. The molecule has 4 nitrogen and oxygen atoms in total. The van der Waals surface area contributed by atoms with E-state index in [0.717, 1.165) is 6.42 Å². The second kappa shape index (κ2) is 6.88. The first-order valence-corrected chi connectivity index (χ1v) is 8.21. The standard InChI is InChI=1S/C15H22N2O2S/c1-19-13-9-10(16)7-8-11(13)15(18)17-12-5-3-4-6-14(12)20-2/h7-9,12,14H,3-6,16H2,1-2H3,(H,17,18). The van der Waals surface area contributed by atoms with Crippen LogP contribution >= 0.6 is 11.8 Å². The van der Waals surface area contributed by atoms with Gasteiger partial charge in [0.25, 0.3) is 5.91 Å². The lowest BCUT2D eigenvalue weighted by Crippen LogP contribution is -2.43. The van der Waals surface area contributed by atoms with Crippen LogP contribution in [-0.4, -0.2) is 30.6 Å². The van der Waals surface area contributed by atoms with Gasteiger partial charge in [0, 0.05) is 23.0 Å². The van der Waals surface area contributed by atoms with Crippen molar-refractivity contribution >= 4 is 23.4 Å².